The predicted octanol–water partition coefficient (Wildman–Crippen LogP) is 3.09. The van der Waals surface area contributed by atoms with Gasteiger partial charge in [0.25, 0.3) is 0 Å². The summed E-state index contributed by atoms with van der Waals surface area (Å²) in [5, 5.41) is 21.4. The smallest absolute Gasteiger partial charge is 0.404 e. The molecule has 0 aromatic rings. The summed E-state index contributed by atoms with van der Waals surface area (Å²) in [5.74, 6) is 0. The summed E-state index contributed by atoms with van der Waals surface area (Å²) in [7, 11) is 0. The Bertz CT molecular complexity index is 308. The number of halogens is 1. The van der Waals surface area contributed by atoms with Gasteiger partial charge in [-0.1, -0.05) is 40.0 Å². The molecule has 0 saturated heterocycles. The molecule has 1 aliphatic rings. The van der Waals surface area contributed by atoms with Crippen LogP contribution in [-0.2, 0) is 0 Å². The monoisotopic (exact) mass is 275 g/mol. The highest BCUT2D eigenvalue weighted by atomic mass is 19.1. The Labute approximate surface area is 114 Å². The van der Waals surface area contributed by atoms with Crippen LogP contribution >= 0.6 is 0 Å². The first-order chi connectivity index (χ1) is 8.64. The predicted molar refractivity (Wildman–Crippen MR) is 72.0 cm³/mol. The van der Waals surface area contributed by atoms with Gasteiger partial charge in [0.15, 0.2) is 0 Å². The summed E-state index contributed by atoms with van der Waals surface area (Å²) >= 11 is 0. The highest BCUT2D eigenvalue weighted by molar-refractivity contribution is 5.65. The number of alkyl halides is 1. The molecule has 1 aliphatic carbocycles. The van der Waals surface area contributed by atoms with E-state index in [4.69, 9.17) is 5.11 Å². The van der Waals surface area contributed by atoms with Gasteiger partial charge in [-0.2, -0.15) is 0 Å². The van der Waals surface area contributed by atoms with Crippen LogP contribution in [0.4, 0.5) is 9.18 Å². The number of rotatable bonds is 4. The highest BCUT2D eigenvalue weighted by Gasteiger charge is 2.40. The lowest BCUT2D eigenvalue weighted by Crippen LogP contribution is -2.51. The van der Waals surface area contributed by atoms with Gasteiger partial charge < -0.3 is 15.5 Å². The van der Waals surface area contributed by atoms with E-state index in [0.29, 0.717) is 12.8 Å². The van der Waals surface area contributed by atoms with Crippen LogP contribution in [0.5, 0.6) is 0 Å². The van der Waals surface area contributed by atoms with Crippen molar-refractivity contribution >= 4 is 6.09 Å². The van der Waals surface area contributed by atoms with Crippen LogP contribution in [0.1, 0.15) is 59.3 Å². The van der Waals surface area contributed by atoms with E-state index in [1.165, 1.54) is 0 Å². The third kappa shape index (κ3) is 4.97. The molecule has 5 heteroatoms. The van der Waals surface area contributed by atoms with Crippen LogP contribution in [0.2, 0.25) is 0 Å². The Morgan fingerprint density at radius 2 is 1.84 bits per heavy atom. The van der Waals surface area contributed by atoms with E-state index in [9.17, 15) is 14.3 Å². The van der Waals surface area contributed by atoms with Gasteiger partial charge in [0.1, 0.15) is 5.67 Å². The molecule has 0 aromatic heterocycles. The molecule has 0 aromatic carbocycles. The second-order valence-electron chi connectivity index (χ2n) is 6.78. The largest absolute Gasteiger partial charge is 0.465 e. The van der Waals surface area contributed by atoms with E-state index >= 15 is 0 Å². The van der Waals surface area contributed by atoms with E-state index in [2.05, 4.69) is 5.32 Å². The Kier molecular flexibility index (Phi) is 5.18. The van der Waals surface area contributed by atoms with Gasteiger partial charge in [-0.15, -0.1) is 0 Å². The molecular weight excluding hydrogens is 249 g/mol. The van der Waals surface area contributed by atoms with Crippen LogP contribution < -0.4 is 5.32 Å². The first kappa shape index (κ1) is 16.2. The number of amides is 1. The molecular formula is C14H26FNO3. The van der Waals surface area contributed by atoms with Gasteiger partial charge in [0.2, 0.25) is 0 Å². The maximum Gasteiger partial charge on any atom is 0.404 e. The molecule has 1 amide bonds. The lowest BCUT2D eigenvalue weighted by Gasteiger charge is -2.38. The Morgan fingerprint density at radius 1 is 1.32 bits per heavy atom. The highest BCUT2D eigenvalue weighted by Crippen LogP contribution is 2.37. The fourth-order valence-corrected chi connectivity index (χ4v) is 2.79. The lowest BCUT2D eigenvalue weighted by atomic mass is 9.76. The minimum atomic E-state index is -1.35. The normalized spacial score (nSPS) is 22.6. The average molecular weight is 275 g/mol. The second-order valence-corrected chi connectivity index (χ2v) is 6.78. The zero-order valence-corrected chi connectivity index (χ0v) is 12.1. The van der Waals surface area contributed by atoms with Crippen LogP contribution in [0.3, 0.4) is 0 Å². The first-order valence-electron chi connectivity index (χ1n) is 7.00. The van der Waals surface area contributed by atoms with Gasteiger partial charge in [-0.3, -0.25) is 0 Å². The summed E-state index contributed by atoms with van der Waals surface area (Å²) in [4.78, 5) is 10.8. The first-order valence-corrected chi connectivity index (χ1v) is 7.00. The Morgan fingerprint density at radius 3 is 2.26 bits per heavy atom. The van der Waals surface area contributed by atoms with E-state index in [1.807, 2.05) is 20.8 Å². The Balaban J connectivity index is 2.76. The zero-order valence-electron chi connectivity index (χ0n) is 12.1. The molecule has 4 nitrogen and oxygen atoms in total. The van der Waals surface area contributed by atoms with Crippen molar-refractivity contribution in [2.75, 3.05) is 0 Å². The molecule has 19 heavy (non-hydrogen) atoms. The molecule has 1 rings (SSSR count). The molecule has 1 saturated carbocycles. The fourth-order valence-electron chi connectivity index (χ4n) is 2.79. The van der Waals surface area contributed by atoms with Gasteiger partial charge in [-0.05, 0) is 18.3 Å². The fraction of sp³-hybridized carbons (Fsp3) is 0.929. The van der Waals surface area contributed by atoms with Crippen molar-refractivity contribution in [2.24, 2.45) is 5.41 Å². The summed E-state index contributed by atoms with van der Waals surface area (Å²) in [6, 6.07) is -0.763. The molecule has 2 atom stereocenters. The molecule has 0 radical (unpaired) electrons. The standard InChI is InChI=1S/C14H26FNO3/c1-13(2,3)11(17)10(16-12(18)19)9-14(15)7-5-4-6-8-14/h10-11,16-17H,4-9H2,1-3H3,(H,18,19)/t10?,11-/m0/s1. The average Bonchev–Trinajstić information content (AvgIpc) is 2.26. The van der Waals surface area contributed by atoms with Crippen molar-refractivity contribution in [3.8, 4) is 0 Å². The van der Waals surface area contributed by atoms with Gasteiger partial charge in [0, 0.05) is 6.42 Å². The van der Waals surface area contributed by atoms with Crippen LogP contribution in [0.15, 0.2) is 0 Å². The Hall–Kier alpha value is -0.840. The molecule has 0 heterocycles. The molecule has 0 spiro atoms. The molecule has 0 bridgehead atoms. The summed E-state index contributed by atoms with van der Waals surface area (Å²) in [6.07, 6.45) is 1.56. The zero-order chi connectivity index (χ0) is 14.7. The number of aliphatic hydroxyl groups is 1. The van der Waals surface area contributed by atoms with Crippen molar-refractivity contribution in [3.63, 3.8) is 0 Å². The molecule has 0 aliphatic heterocycles. The number of carbonyl (C=O) groups is 1. The van der Waals surface area contributed by atoms with Crippen LogP contribution in [0, 0.1) is 5.41 Å². The lowest BCUT2D eigenvalue weighted by molar-refractivity contribution is -0.00406. The number of nitrogens with one attached hydrogen (secondary N) is 1. The van der Waals surface area contributed by atoms with Crippen molar-refractivity contribution < 1.29 is 19.4 Å². The molecule has 112 valence electrons. The van der Waals surface area contributed by atoms with E-state index in [1.54, 1.807) is 0 Å². The number of carboxylic acid groups (broad SMARTS) is 1. The maximum atomic E-state index is 14.7. The van der Waals surface area contributed by atoms with Crippen LogP contribution in [0.25, 0.3) is 0 Å². The van der Waals surface area contributed by atoms with Crippen molar-refractivity contribution in [1.29, 1.82) is 0 Å². The van der Waals surface area contributed by atoms with E-state index in [0.717, 1.165) is 19.3 Å². The van der Waals surface area contributed by atoms with Crippen molar-refractivity contribution in [2.45, 2.75) is 77.1 Å². The van der Waals surface area contributed by atoms with E-state index < -0.39 is 29.3 Å². The van der Waals surface area contributed by atoms with Gasteiger partial charge in [0.05, 0.1) is 12.1 Å². The molecule has 3 N–H and O–H groups in total. The van der Waals surface area contributed by atoms with Gasteiger partial charge >= 0.3 is 6.09 Å². The molecule has 1 unspecified atom stereocenters. The van der Waals surface area contributed by atoms with E-state index in [-0.39, 0.29) is 6.42 Å². The molecule has 1 fully saturated rings. The second kappa shape index (κ2) is 6.07. The number of aliphatic hydroxyl groups excluding tert-OH is 1. The summed E-state index contributed by atoms with van der Waals surface area (Å²) in [6.45, 7) is 5.46. The third-order valence-electron chi connectivity index (χ3n) is 3.91. The minimum Gasteiger partial charge on any atom is -0.465 e. The quantitative estimate of drug-likeness (QED) is 0.738. The summed E-state index contributed by atoms with van der Waals surface area (Å²) in [5.41, 5.74) is -1.84. The number of hydrogen-bond donors (Lipinski definition) is 3. The maximum absolute atomic E-state index is 14.7. The van der Waals surface area contributed by atoms with Crippen LogP contribution in [-0.4, -0.2) is 34.1 Å². The van der Waals surface area contributed by atoms with Gasteiger partial charge in [-0.25, -0.2) is 9.18 Å². The third-order valence-corrected chi connectivity index (χ3v) is 3.91. The van der Waals surface area contributed by atoms with Crippen molar-refractivity contribution in [1.82, 2.24) is 5.32 Å². The van der Waals surface area contributed by atoms with Crippen molar-refractivity contribution in [3.05, 3.63) is 0 Å². The SMILES string of the molecule is CC(C)(C)[C@@H](O)C(CC1(F)CCCCC1)NC(=O)O. The summed E-state index contributed by atoms with van der Waals surface area (Å²) < 4.78 is 14.7. The minimum absolute atomic E-state index is 0.0533. The number of hydrogen-bond acceptors (Lipinski definition) is 2. The topological polar surface area (TPSA) is 69.6 Å².